The standard InChI is InChI=1S/C9H4Br2O2/c10-6-1-7-5(3-12)4-13-9(7)8(11)2-6/h1-4H. The number of benzene rings is 1. The van der Waals surface area contributed by atoms with Gasteiger partial charge in [0.1, 0.15) is 11.8 Å². The van der Waals surface area contributed by atoms with Crippen molar-refractivity contribution >= 4 is 49.1 Å². The number of furan rings is 1. The first-order valence-corrected chi connectivity index (χ1v) is 5.12. The Bertz CT molecular complexity index is 474. The van der Waals surface area contributed by atoms with E-state index in [9.17, 15) is 4.79 Å². The topological polar surface area (TPSA) is 30.2 Å². The highest BCUT2D eigenvalue weighted by Gasteiger charge is 2.08. The molecule has 0 spiro atoms. The molecule has 0 fully saturated rings. The Morgan fingerprint density at radius 2 is 2.08 bits per heavy atom. The number of carbonyl (C=O) groups excluding carboxylic acids is 1. The molecule has 0 saturated heterocycles. The van der Waals surface area contributed by atoms with Crippen LogP contribution in [0.25, 0.3) is 11.0 Å². The van der Waals surface area contributed by atoms with Crippen LogP contribution >= 0.6 is 31.9 Å². The summed E-state index contributed by atoms with van der Waals surface area (Å²) in [5, 5.41) is 0.816. The molecule has 0 unspecified atom stereocenters. The van der Waals surface area contributed by atoms with Crippen LogP contribution in [0.5, 0.6) is 0 Å². The Morgan fingerprint density at radius 3 is 2.77 bits per heavy atom. The molecule has 2 rings (SSSR count). The predicted octanol–water partition coefficient (Wildman–Crippen LogP) is 3.77. The third kappa shape index (κ3) is 1.44. The number of rotatable bonds is 1. The van der Waals surface area contributed by atoms with Gasteiger partial charge in [-0.25, -0.2) is 0 Å². The van der Waals surface area contributed by atoms with Crippen LogP contribution in [0.2, 0.25) is 0 Å². The number of aldehydes is 1. The summed E-state index contributed by atoms with van der Waals surface area (Å²) in [6, 6.07) is 3.73. The summed E-state index contributed by atoms with van der Waals surface area (Å²) in [7, 11) is 0. The monoisotopic (exact) mass is 302 g/mol. The van der Waals surface area contributed by atoms with E-state index in [-0.39, 0.29) is 0 Å². The van der Waals surface area contributed by atoms with Crippen LogP contribution in [0.15, 0.2) is 31.8 Å². The lowest BCUT2D eigenvalue weighted by Crippen LogP contribution is -1.75. The van der Waals surface area contributed by atoms with Gasteiger partial charge in [-0.15, -0.1) is 0 Å². The Kier molecular flexibility index (Phi) is 2.26. The summed E-state index contributed by atoms with van der Waals surface area (Å²) >= 11 is 6.69. The van der Waals surface area contributed by atoms with Gasteiger partial charge >= 0.3 is 0 Å². The van der Waals surface area contributed by atoms with Gasteiger partial charge < -0.3 is 4.42 Å². The zero-order valence-electron chi connectivity index (χ0n) is 6.38. The quantitative estimate of drug-likeness (QED) is 0.751. The van der Waals surface area contributed by atoms with E-state index in [0.717, 1.165) is 20.6 Å². The molecular formula is C9H4Br2O2. The maximum atomic E-state index is 10.6. The lowest BCUT2D eigenvalue weighted by Gasteiger charge is -1.94. The second-order valence-corrected chi connectivity index (χ2v) is 4.34. The highest BCUT2D eigenvalue weighted by Crippen LogP contribution is 2.31. The number of hydrogen-bond acceptors (Lipinski definition) is 2. The number of hydrogen-bond donors (Lipinski definition) is 0. The minimum atomic E-state index is 0.567. The summed E-state index contributed by atoms with van der Waals surface area (Å²) in [4.78, 5) is 10.6. The van der Waals surface area contributed by atoms with Crippen molar-refractivity contribution in [2.75, 3.05) is 0 Å². The Labute approximate surface area is 91.2 Å². The molecule has 66 valence electrons. The molecule has 0 aliphatic heterocycles. The molecule has 0 saturated carbocycles. The molecule has 1 aromatic heterocycles. The molecule has 13 heavy (non-hydrogen) atoms. The van der Waals surface area contributed by atoms with Gasteiger partial charge in [-0.1, -0.05) is 15.9 Å². The summed E-state index contributed by atoms with van der Waals surface area (Å²) in [5.41, 5.74) is 1.27. The van der Waals surface area contributed by atoms with Gasteiger partial charge in [0.15, 0.2) is 6.29 Å². The second kappa shape index (κ2) is 3.27. The first-order valence-electron chi connectivity index (χ1n) is 3.54. The SMILES string of the molecule is O=Cc1coc2c(Br)cc(Br)cc12. The molecule has 4 heteroatoms. The Morgan fingerprint density at radius 1 is 1.31 bits per heavy atom. The van der Waals surface area contributed by atoms with Crippen LogP contribution in [0.1, 0.15) is 10.4 Å². The van der Waals surface area contributed by atoms with E-state index in [0.29, 0.717) is 11.1 Å². The molecule has 2 nitrogen and oxygen atoms in total. The average molecular weight is 304 g/mol. The Hall–Kier alpha value is -0.610. The predicted molar refractivity (Wildman–Crippen MR) is 57.0 cm³/mol. The third-order valence-corrected chi connectivity index (χ3v) is 2.80. The fourth-order valence-corrected chi connectivity index (χ4v) is 2.49. The van der Waals surface area contributed by atoms with Gasteiger partial charge in [-0.05, 0) is 28.1 Å². The van der Waals surface area contributed by atoms with E-state index in [2.05, 4.69) is 31.9 Å². The molecule has 1 heterocycles. The van der Waals surface area contributed by atoms with Gasteiger partial charge in [0.2, 0.25) is 0 Å². The van der Waals surface area contributed by atoms with Gasteiger partial charge in [0.05, 0.1) is 10.0 Å². The summed E-state index contributed by atoms with van der Waals surface area (Å²) in [6.45, 7) is 0. The Balaban J connectivity index is 2.89. The van der Waals surface area contributed by atoms with Crippen molar-refractivity contribution in [3.63, 3.8) is 0 Å². The van der Waals surface area contributed by atoms with Gasteiger partial charge in [0.25, 0.3) is 0 Å². The normalized spacial score (nSPS) is 10.6. The molecule has 2 aromatic rings. The van der Waals surface area contributed by atoms with Crippen LogP contribution in [0, 0.1) is 0 Å². The smallest absolute Gasteiger partial charge is 0.153 e. The van der Waals surface area contributed by atoms with Gasteiger partial charge in [0, 0.05) is 9.86 Å². The van der Waals surface area contributed by atoms with E-state index in [1.165, 1.54) is 6.26 Å². The molecule has 0 aliphatic rings. The van der Waals surface area contributed by atoms with Crippen molar-refractivity contribution in [2.24, 2.45) is 0 Å². The van der Waals surface area contributed by atoms with Crippen molar-refractivity contribution in [3.05, 3.63) is 32.9 Å². The van der Waals surface area contributed by atoms with Crippen LogP contribution in [-0.2, 0) is 0 Å². The molecule has 0 bridgehead atoms. The maximum absolute atomic E-state index is 10.6. The van der Waals surface area contributed by atoms with Crippen LogP contribution in [0.3, 0.4) is 0 Å². The van der Waals surface area contributed by atoms with Crippen LogP contribution < -0.4 is 0 Å². The molecule has 0 atom stereocenters. The van der Waals surface area contributed by atoms with E-state index < -0.39 is 0 Å². The molecule has 0 N–H and O–H groups in total. The molecule has 0 aliphatic carbocycles. The van der Waals surface area contributed by atoms with Gasteiger partial charge in [-0.3, -0.25) is 4.79 Å². The van der Waals surface area contributed by atoms with Crippen LogP contribution in [0.4, 0.5) is 0 Å². The maximum Gasteiger partial charge on any atom is 0.153 e. The van der Waals surface area contributed by atoms with Crippen molar-refractivity contribution in [1.29, 1.82) is 0 Å². The van der Waals surface area contributed by atoms with Crippen molar-refractivity contribution in [2.45, 2.75) is 0 Å². The van der Waals surface area contributed by atoms with E-state index in [1.54, 1.807) is 0 Å². The first kappa shape index (κ1) is 8.97. The first-order chi connectivity index (χ1) is 6.22. The molecule has 0 amide bonds. The minimum absolute atomic E-state index is 0.567. The van der Waals surface area contributed by atoms with Gasteiger partial charge in [-0.2, -0.15) is 0 Å². The summed E-state index contributed by atoms with van der Waals surface area (Å²) in [5.74, 6) is 0. The van der Waals surface area contributed by atoms with E-state index >= 15 is 0 Å². The van der Waals surface area contributed by atoms with Crippen LogP contribution in [-0.4, -0.2) is 6.29 Å². The summed E-state index contributed by atoms with van der Waals surface area (Å²) < 4.78 is 6.98. The minimum Gasteiger partial charge on any atom is -0.462 e. The fraction of sp³-hybridized carbons (Fsp3) is 0. The second-order valence-electron chi connectivity index (χ2n) is 2.57. The van der Waals surface area contributed by atoms with Crippen molar-refractivity contribution in [1.82, 2.24) is 0 Å². The lowest BCUT2D eigenvalue weighted by atomic mass is 10.2. The zero-order chi connectivity index (χ0) is 9.42. The molecular weight excluding hydrogens is 300 g/mol. The van der Waals surface area contributed by atoms with Crippen molar-refractivity contribution in [3.8, 4) is 0 Å². The molecule has 1 aromatic carbocycles. The number of fused-ring (bicyclic) bond motifs is 1. The highest BCUT2D eigenvalue weighted by molar-refractivity contribution is 9.11. The fourth-order valence-electron chi connectivity index (χ4n) is 1.17. The lowest BCUT2D eigenvalue weighted by molar-refractivity contribution is 0.112. The number of carbonyl (C=O) groups is 1. The zero-order valence-corrected chi connectivity index (χ0v) is 9.55. The third-order valence-electron chi connectivity index (χ3n) is 1.75. The van der Waals surface area contributed by atoms with Crippen molar-refractivity contribution < 1.29 is 9.21 Å². The summed E-state index contributed by atoms with van der Waals surface area (Å²) in [6.07, 6.45) is 2.24. The van der Waals surface area contributed by atoms with E-state index in [4.69, 9.17) is 4.42 Å². The van der Waals surface area contributed by atoms with E-state index in [1.807, 2.05) is 12.1 Å². The average Bonchev–Trinajstić information content (AvgIpc) is 2.47. The number of halogens is 2. The molecule has 0 radical (unpaired) electrons. The largest absolute Gasteiger partial charge is 0.462 e. The highest BCUT2D eigenvalue weighted by atomic mass is 79.9.